The maximum Gasteiger partial charge on any atom is 0.306 e. The van der Waals surface area contributed by atoms with Crippen molar-refractivity contribution in [3.63, 3.8) is 0 Å². The lowest BCUT2D eigenvalue weighted by Gasteiger charge is -2.20. The monoisotopic (exact) mass is 312 g/mol. The summed E-state index contributed by atoms with van der Waals surface area (Å²) in [6.07, 6.45) is 5.66. The van der Waals surface area contributed by atoms with Crippen molar-refractivity contribution in [2.24, 2.45) is 17.8 Å². The van der Waals surface area contributed by atoms with E-state index in [0.29, 0.717) is 24.1 Å². The second-order valence-corrected chi connectivity index (χ2v) is 6.68. The highest BCUT2D eigenvalue weighted by Crippen LogP contribution is 2.49. The molecule has 2 bridgehead atoms. The lowest BCUT2D eigenvalue weighted by molar-refractivity contribution is -0.147. The molecule has 2 fully saturated rings. The number of nitrogens with zero attached hydrogens (tertiary/aromatic N) is 2. The van der Waals surface area contributed by atoms with E-state index in [1.54, 1.807) is 0 Å². The molecule has 0 unspecified atom stereocenters. The van der Waals surface area contributed by atoms with E-state index in [-0.39, 0.29) is 12.6 Å². The van der Waals surface area contributed by atoms with Gasteiger partial charge in [-0.25, -0.2) is 0 Å². The second kappa shape index (κ2) is 6.14. The largest absolute Gasteiger partial charge is 0.456 e. The van der Waals surface area contributed by atoms with Crippen molar-refractivity contribution in [1.82, 2.24) is 10.1 Å². The Morgan fingerprint density at radius 2 is 2.09 bits per heavy atom. The zero-order chi connectivity index (χ0) is 15.6. The molecule has 0 amide bonds. The van der Waals surface area contributed by atoms with E-state index in [1.807, 2.05) is 30.3 Å². The van der Waals surface area contributed by atoms with Crippen LogP contribution in [0.3, 0.4) is 0 Å². The van der Waals surface area contributed by atoms with E-state index < -0.39 is 0 Å². The molecule has 0 radical (unpaired) electrons. The standard InChI is InChI=1S/C18H20N2O3/c21-17(10-15-9-12-6-7-14(15)8-12)22-11-16-19-18(20-23-16)13-4-2-1-3-5-13/h1-5,12,14-15H,6-11H2/t12-,14-,15-/m1/s1. The first-order valence-electron chi connectivity index (χ1n) is 8.31. The quantitative estimate of drug-likeness (QED) is 0.789. The van der Waals surface area contributed by atoms with Crippen molar-refractivity contribution in [2.45, 2.75) is 38.7 Å². The molecule has 1 heterocycles. The molecule has 2 saturated carbocycles. The Hall–Kier alpha value is -2.17. The molecule has 0 spiro atoms. The fourth-order valence-corrected chi connectivity index (χ4v) is 4.06. The predicted molar refractivity (Wildman–Crippen MR) is 83.1 cm³/mol. The summed E-state index contributed by atoms with van der Waals surface area (Å²) in [5.74, 6) is 2.81. The third-order valence-corrected chi connectivity index (χ3v) is 5.17. The number of esters is 1. The Bertz CT molecular complexity index is 683. The van der Waals surface area contributed by atoms with Crippen LogP contribution in [0.15, 0.2) is 34.9 Å². The summed E-state index contributed by atoms with van der Waals surface area (Å²) in [5, 5.41) is 3.92. The van der Waals surface area contributed by atoms with Gasteiger partial charge in [0, 0.05) is 12.0 Å². The average Bonchev–Trinajstić information content (AvgIpc) is 3.30. The minimum Gasteiger partial charge on any atom is -0.456 e. The van der Waals surface area contributed by atoms with Crippen LogP contribution in [-0.4, -0.2) is 16.1 Å². The summed E-state index contributed by atoms with van der Waals surface area (Å²) in [6, 6.07) is 9.59. The van der Waals surface area contributed by atoms with Crippen molar-refractivity contribution in [2.75, 3.05) is 0 Å². The van der Waals surface area contributed by atoms with Gasteiger partial charge in [-0.1, -0.05) is 41.9 Å². The van der Waals surface area contributed by atoms with Crippen LogP contribution in [0.4, 0.5) is 0 Å². The highest BCUT2D eigenvalue weighted by Gasteiger charge is 2.40. The molecule has 0 saturated heterocycles. The third kappa shape index (κ3) is 3.14. The Kier molecular flexibility index (Phi) is 3.85. The maximum atomic E-state index is 12.0. The van der Waals surface area contributed by atoms with Crippen molar-refractivity contribution < 1.29 is 14.1 Å². The van der Waals surface area contributed by atoms with Crippen LogP contribution in [0.5, 0.6) is 0 Å². The number of hydrogen-bond donors (Lipinski definition) is 0. The lowest BCUT2D eigenvalue weighted by atomic mass is 9.86. The van der Waals surface area contributed by atoms with Gasteiger partial charge in [0.1, 0.15) is 0 Å². The van der Waals surface area contributed by atoms with E-state index in [2.05, 4.69) is 10.1 Å². The van der Waals surface area contributed by atoms with E-state index in [9.17, 15) is 4.79 Å². The first-order valence-corrected chi connectivity index (χ1v) is 8.31. The molecule has 2 aliphatic rings. The van der Waals surface area contributed by atoms with E-state index in [1.165, 1.54) is 25.7 Å². The molecule has 1 aromatic carbocycles. The van der Waals surface area contributed by atoms with Gasteiger partial charge in [-0.05, 0) is 37.0 Å². The van der Waals surface area contributed by atoms with E-state index in [4.69, 9.17) is 9.26 Å². The van der Waals surface area contributed by atoms with Gasteiger partial charge in [0.15, 0.2) is 6.61 Å². The molecule has 5 heteroatoms. The number of hydrogen-bond acceptors (Lipinski definition) is 5. The van der Waals surface area contributed by atoms with Crippen LogP contribution in [0.1, 0.15) is 38.0 Å². The van der Waals surface area contributed by atoms with E-state index >= 15 is 0 Å². The number of ether oxygens (including phenoxy) is 1. The summed E-state index contributed by atoms with van der Waals surface area (Å²) in [5.41, 5.74) is 0.885. The van der Waals surface area contributed by atoms with Crippen molar-refractivity contribution in [3.8, 4) is 11.4 Å². The number of carbonyl (C=O) groups excluding carboxylic acids is 1. The molecule has 1 aromatic heterocycles. The SMILES string of the molecule is O=C(C[C@H]1C[C@@H]2CC[C@@H]1C2)OCc1nc(-c2ccccc2)no1. The molecule has 0 N–H and O–H groups in total. The van der Waals surface area contributed by atoms with Crippen LogP contribution >= 0.6 is 0 Å². The average molecular weight is 312 g/mol. The van der Waals surface area contributed by atoms with Gasteiger partial charge in [0.25, 0.3) is 5.89 Å². The van der Waals surface area contributed by atoms with Crippen molar-refractivity contribution in [1.29, 1.82) is 0 Å². The Balaban J connectivity index is 1.29. The minimum atomic E-state index is -0.151. The molecular formula is C18H20N2O3. The Morgan fingerprint density at radius 1 is 1.22 bits per heavy atom. The maximum absolute atomic E-state index is 12.0. The molecule has 2 aliphatic carbocycles. The van der Waals surface area contributed by atoms with Gasteiger partial charge in [-0.2, -0.15) is 4.98 Å². The molecule has 120 valence electrons. The van der Waals surface area contributed by atoms with Crippen LogP contribution in [0.25, 0.3) is 11.4 Å². The van der Waals surface area contributed by atoms with E-state index in [0.717, 1.165) is 17.4 Å². The lowest BCUT2D eigenvalue weighted by Crippen LogP contribution is -2.17. The number of aromatic nitrogens is 2. The Labute approximate surface area is 135 Å². The van der Waals surface area contributed by atoms with Crippen LogP contribution in [0, 0.1) is 17.8 Å². The highest BCUT2D eigenvalue weighted by atomic mass is 16.6. The summed E-state index contributed by atoms with van der Waals surface area (Å²) in [6.45, 7) is 0.0550. The van der Waals surface area contributed by atoms with Crippen molar-refractivity contribution in [3.05, 3.63) is 36.2 Å². The number of carbonyl (C=O) groups is 1. The van der Waals surface area contributed by atoms with Gasteiger partial charge in [0.2, 0.25) is 5.82 Å². The number of rotatable bonds is 5. The predicted octanol–water partition coefficient (Wildman–Crippen LogP) is 3.61. The minimum absolute atomic E-state index is 0.0550. The molecule has 5 nitrogen and oxygen atoms in total. The van der Waals surface area contributed by atoms with Gasteiger partial charge < -0.3 is 9.26 Å². The summed E-state index contributed by atoms with van der Waals surface area (Å²) in [4.78, 5) is 16.3. The normalized spacial score (nSPS) is 25.7. The summed E-state index contributed by atoms with van der Waals surface area (Å²) >= 11 is 0. The second-order valence-electron chi connectivity index (χ2n) is 6.68. The molecule has 0 aliphatic heterocycles. The molecular weight excluding hydrogens is 292 g/mol. The topological polar surface area (TPSA) is 65.2 Å². The summed E-state index contributed by atoms with van der Waals surface area (Å²) < 4.78 is 10.5. The first-order chi connectivity index (χ1) is 11.3. The zero-order valence-electron chi connectivity index (χ0n) is 13.0. The Morgan fingerprint density at radius 3 is 2.83 bits per heavy atom. The van der Waals surface area contributed by atoms with Gasteiger partial charge in [-0.15, -0.1) is 0 Å². The first kappa shape index (κ1) is 14.4. The van der Waals surface area contributed by atoms with Gasteiger partial charge in [-0.3, -0.25) is 4.79 Å². The van der Waals surface area contributed by atoms with Gasteiger partial charge >= 0.3 is 5.97 Å². The molecule has 4 rings (SSSR count). The third-order valence-electron chi connectivity index (χ3n) is 5.17. The smallest absolute Gasteiger partial charge is 0.306 e. The van der Waals surface area contributed by atoms with Crippen LogP contribution in [-0.2, 0) is 16.1 Å². The fourth-order valence-electron chi connectivity index (χ4n) is 4.06. The highest BCUT2D eigenvalue weighted by molar-refractivity contribution is 5.69. The van der Waals surface area contributed by atoms with Crippen LogP contribution in [0.2, 0.25) is 0 Å². The zero-order valence-corrected chi connectivity index (χ0v) is 13.0. The van der Waals surface area contributed by atoms with Gasteiger partial charge in [0.05, 0.1) is 0 Å². The number of fused-ring (bicyclic) bond motifs is 2. The molecule has 2 aromatic rings. The molecule has 3 atom stereocenters. The summed E-state index contributed by atoms with van der Waals surface area (Å²) in [7, 11) is 0. The van der Waals surface area contributed by atoms with Crippen LogP contribution < -0.4 is 0 Å². The number of benzene rings is 1. The van der Waals surface area contributed by atoms with Crippen molar-refractivity contribution >= 4 is 5.97 Å². The molecule has 23 heavy (non-hydrogen) atoms. The fraction of sp³-hybridized carbons (Fsp3) is 0.500.